The van der Waals surface area contributed by atoms with Gasteiger partial charge in [-0.3, -0.25) is 4.79 Å². The van der Waals surface area contributed by atoms with Crippen LogP contribution in [0.1, 0.15) is 18.5 Å². The molecule has 0 saturated carbocycles. The van der Waals surface area contributed by atoms with Crippen molar-refractivity contribution in [1.82, 2.24) is 9.80 Å². The van der Waals surface area contributed by atoms with Crippen LogP contribution in [0, 0.1) is 0 Å². The number of ether oxygens (including phenoxy) is 1. The van der Waals surface area contributed by atoms with E-state index in [1.807, 2.05) is 35.2 Å². The fourth-order valence-electron chi connectivity index (χ4n) is 3.17. The Hall–Kier alpha value is -2.04. The third-order valence-electron chi connectivity index (χ3n) is 4.51. The van der Waals surface area contributed by atoms with Crippen LogP contribution in [0.15, 0.2) is 54.6 Å². The highest BCUT2D eigenvalue weighted by atomic mass is 35.5. The van der Waals surface area contributed by atoms with Gasteiger partial charge in [0.2, 0.25) is 0 Å². The molecular formula is C20H23ClN2O2. The molecule has 0 bridgehead atoms. The van der Waals surface area contributed by atoms with Crippen molar-refractivity contribution in [2.24, 2.45) is 0 Å². The molecule has 1 heterocycles. The van der Waals surface area contributed by atoms with Crippen molar-refractivity contribution in [2.75, 3.05) is 26.7 Å². The topological polar surface area (TPSA) is 32.8 Å². The van der Waals surface area contributed by atoms with E-state index in [2.05, 4.69) is 24.1 Å². The summed E-state index contributed by atoms with van der Waals surface area (Å²) in [5.41, 5.74) is 1.15. The Morgan fingerprint density at radius 2 is 1.92 bits per heavy atom. The summed E-state index contributed by atoms with van der Waals surface area (Å²) >= 11 is 5.99. The molecule has 1 saturated heterocycles. The van der Waals surface area contributed by atoms with E-state index in [-0.39, 0.29) is 11.9 Å². The number of hydrogen-bond donors (Lipinski definition) is 0. The third-order valence-corrected chi connectivity index (χ3v) is 4.74. The van der Waals surface area contributed by atoms with Crippen LogP contribution < -0.4 is 4.74 Å². The number of rotatable bonds is 4. The predicted octanol–water partition coefficient (Wildman–Crippen LogP) is 3.62. The smallest absolute Gasteiger partial charge is 0.263 e. The van der Waals surface area contributed by atoms with E-state index in [9.17, 15) is 4.79 Å². The van der Waals surface area contributed by atoms with Crippen LogP contribution >= 0.6 is 11.6 Å². The minimum Gasteiger partial charge on any atom is -0.481 e. The fraction of sp³-hybridized carbons (Fsp3) is 0.350. The summed E-state index contributed by atoms with van der Waals surface area (Å²) in [5, 5.41) is 0.596. The van der Waals surface area contributed by atoms with Gasteiger partial charge in [0, 0.05) is 24.7 Å². The second-order valence-corrected chi connectivity index (χ2v) is 6.87. The summed E-state index contributed by atoms with van der Waals surface area (Å²) in [6.07, 6.45) is -0.562. The second-order valence-electron chi connectivity index (χ2n) is 6.44. The Labute approximate surface area is 154 Å². The monoisotopic (exact) mass is 358 g/mol. The molecule has 0 unspecified atom stereocenters. The maximum Gasteiger partial charge on any atom is 0.263 e. The summed E-state index contributed by atoms with van der Waals surface area (Å²) in [7, 11) is 2.09. The van der Waals surface area contributed by atoms with Gasteiger partial charge < -0.3 is 14.5 Å². The molecule has 0 spiro atoms. The first-order valence-corrected chi connectivity index (χ1v) is 8.88. The van der Waals surface area contributed by atoms with Crippen LogP contribution in [0.2, 0.25) is 5.02 Å². The lowest BCUT2D eigenvalue weighted by molar-refractivity contribution is -0.143. The maximum atomic E-state index is 13.0. The molecule has 5 heteroatoms. The minimum absolute atomic E-state index is 0.00179. The van der Waals surface area contributed by atoms with Crippen molar-refractivity contribution >= 4 is 17.5 Å². The van der Waals surface area contributed by atoms with Crippen LogP contribution in [0.3, 0.4) is 0 Å². The molecule has 1 amide bonds. The van der Waals surface area contributed by atoms with Crippen LogP contribution in [0.5, 0.6) is 5.75 Å². The Morgan fingerprint density at radius 3 is 2.64 bits per heavy atom. The maximum absolute atomic E-state index is 13.0. The van der Waals surface area contributed by atoms with Gasteiger partial charge in [-0.25, -0.2) is 0 Å². The first-order chi connectivity index (χ1) is 12.0. The van der Waals surface area contributed by atoms with Crippen LogP contribution in [0.25, 0.3) is 0 Å². The van der Waals surface area contributed by atoms with Gasteiger partial charge in [0.25, 0.3) is 5.91 Å². The number of benzene rings is 2. The highest BCUT2D eigenvalue weighted by Crippen LogP contribution is 2.26. The number of carbonyl (C=O) groups excluding carboxylic acids is 1. The van der Waals surface area contributed by atoms with E-state index in [1.54, 1.807) is 19.1 Å². The van der Waals surface area contributed by atoms with E-state index in [0.29, 0.717) is 17.3 Å². The molecule has 1 aliphatic heterocycles. The molecular weight excluding hydrogens is 336 g/mol. The molecule has 4 nitrogen and oxygen atoms in total. The van der Waals surface area contributed by atoms with Gasteiger partial charge in [-0.15, -0.1) is 0 Å². The average Bonchev–Trinajstić information content (AvgIpc) is 2.62. The average molecular weight is 359 g/mol. The summed E-state index contributed by atoms with van der Waals surface area (Å²) < 4.78 is 5.83. The zero-order chi connectivity index (χ0) is 17.8. The van der Waals surface area contributed by atoms with Gasteiger partial charge in [0.1, 0.15) is 5.75 Å². The first-order valence-electron chi connectivity index (χ1n) is 8.51. The summed E-state index contributed by atoms with van der Waals surface area (Å²) in [6, 6.07) is 17.4. The molecule has 2 atom stereocenters. The van der Waals surface area contributed by atoms with Crippen molar-refractivity contribution in [2.45, 2.75) is 19.1 Å². The van der Waals surface area contributed by atoms with Crippen molar-refractivity contribution in [3.63, 3.8) is 0 Å². The number of hydrogen-bond acceptors (Lipinski definition) is 3. The third kappa shape index (κ3) is 4.33. The zero-order valence-electron chi connectivity index (χ0n) is 14.6. The number of carbonyl (C=O) groups is 1. The number of nitrogens with zero attached hydrogens (tertiary/aromatic N) is 2. The van der Waals surface area contributed by atoms with Gasteiger partial charge in [-0.05, 0) is 37.7 Å². The van der Waals surface area contributed by atoms with E-state index in [0.717, 1.165) is 18.7 Å². The normalized spacial score (nSPS) is 19.5. The van der Waals surface area contributed by atoms with Crippen molar-refractivity contribution < 1.29 is 9.53 Å². The number of likely N-dealkylation sites (N-methyl/N-ethyl adjacent to an activating group) is 1. The lowest BCUT2D eigenvalue weighted by Gasteiger charge is -2.41. The van der Waals surface area contributed by atoms with Gasteiger partial charge in [-0.1, -0.05) is 48.0 Å². The van der Waals surface area contributed by atoms with Crippen LogP contribution in [0.4, 0.5) is 0 Å². The molecule has 1 aliphatic rings. The van der Waals surface area contributed by atoms with Crippen molar-refractivity contribution in [1.29, 1.82) is 0 Å². The molecule has 25 heavy (non-hydrogen) atoms. The zero-order valence-corrected chi connectivity index (χ0v) is 15.3. The van der Waals surface area contributed by atoms with Crippen molar-refractivity contribution in [3.8, 4) is 5.75 Å². The molecule has 0 radical (unpaired) electrons. The van der Waals surface area contributed by atoms with Crippen LogP contribution in [-0.4, -0.2) is 48.5 Å². The highest BCUT2D eigenvalue weighted by molar-refractivity contribution is 6.30. The predicted molar refractivity (Wildman–Crippen MR) is 99.9 cm³/mol. The van der Waals surface area contributed by atoms with Gasteiger partial charge in [0.15, 0.2) is 6.10 Å². The van der Waals surface area contributed by atoms with E-state index < -0.39 is 6.10 Å². The molecule has 0 N–H and O–H groups in total. The minimum atomic E-state index is -0.562. The Morgan fingerprint density at radius 1 is 1.16 bits per heavy atom. The van der Waals surface area contributed by atoms with Gasteiger partial charge in [-0.2, -0.15) is 0 Å². The number of piperazine rings is 1. The number of halogens is 1. The van der Waals surface area contributed by atoms with E-state index in [4.69, 9.17) is 16.3 Å². The summed E-state index contributed by atoms with van der Waals surface area (Å²) in [4.78, 5) is 17.2. The lowest BCUT2D eigenvalue weighted by atomic mass is 10.0. The SMILES string of the molecule is C[C@H](Oc1cccc(Cl)c1)C(=O)N1CCN(C)C[C@H]1c1ccccc1. The molecule has 132 valence electrons. The number of amides is 1. The Balaban J connectivity index is 1.76. The quantitative estimate of drug-likeness (QED) is 0.836. The van der Waals surface area contributed by atoms with Gasteiger partial charge >= 0.3 is 0 Å². The molecule has 0 aliphatic carbocycles. The lowest BCUT2D eigenvalue weighted by Crippen LogP contribution is -2.52. The molecule has 1 fully saturated rings. The summed E-state index contributed by atoms with van der Waals surface area (Å²) in [5.74, 6) is 0.612. The largest absolute Gasteiger partial charge is 0.481 e. The molecule has 3 rings (SSSR count). The fourth-order valence-corrected chi connectivity index (χ4v) is 3.35. The van der Waals surface area contributed by atoms with Gasteiger partial charge in [0.05, 0.1) is 6.04 Å². The van der Waals surface area contributed by atoms with E-state index in [1.165, 1.54) is 0 Å². The van der Waals surface area contributed by atoms with Crippen LogP contribution in [-0.2, 0) is 4.79 Å². The molecule has 2 aromatic carbocycles. The Kier molecular flexibility index (Phi) is 5.61. The summed E-state index contributed by atoms with van der Waals surface area (Å²) in [6.45, 7) is 4.17. The van der Waals surface area contributed by atoms with Crippen molar-refractivity contribution in [3.05, 3.63) is 65.2 Å². The molecule has 2 aromatic rings. The second kappa shape index (κ2) is 7.89. The molecule has 0 aromatic heterocycles. The standard InChI is InChI=1S/C20H23ClN2O2/c1-15(25-18-10-6-9-17(21)13-18)20(24)23-12-11-22(2)14-19(23)16-7-4-3-5-8-16/h3-10,13,15,19H,11-12,14H2,1-2H3/t15-,19-/m0/s1. The Bertz CT molecular complexity index is 723. The highest BCUT2D eigenvalue weighted by Gasteiger charge is 2.33. The van der Waals surface area contributed by atoms with E-state index >= 15 is 0 Å². The first kappa shape index (κ1) is 17.8.